The second-order valence-electron chi connectivity index (χ2n) is 6.96. The van der Waals surface area contributed by atoms with Gasteiger partial charge in [-0.25, -0.2) is 9.97 Å². The first-order chi connectivity index (χ1) is 13.0. The van der Waals surface area contributed by atoms with E-state index >= 15 is 0 Å². The lowest BCUT2D eigenvalue weighted by atomic mass is 9.92. The molecule has 0 radical (unpaired) electrons. The number of carbonyl (C=O) groups is 1. The highest BCUT2D eigenvalue weighted by atomic mass is 35.5. The van der Waals surface area contributed by atoms with Gasteiger partial charge in [0.2, 0.25) is 11.9 Å². The average Bonchev–Trinajstić information content (AvgIpc) is 2.66. The third-order valence-corrected chi connectivity index (χ3v) is 5.19. The topological polar surface area (TPSA) is 81.3 Å². The Bertz CT molecular complexity index is 774. The molecule has 2 aromatic rings. The van der Waals surface area contributed by atoms with Gasteiger partial charge >= 0.3 is 0 Å². The molecule has 3 rings (SSSR count). The Kier molecular flexibility index (Phi) is 6.50. The van der Waals surface area contributed by atoms with Crippen LogP contribution in [0.1, 0.15) is 41.6 Å². The summed E-state index contributed by atoms with van der Waals surface area (Å²) >= 11 is 5.84. The third-order valence-electron chi connectivity index (χ3n) is 4.99. The van der Waals surface area contributed by atoms with Gasteiger partial charge in [-0.2, -0.15) is 0 Å². The molecule has 1 aromatic carbocycles. The number of aromatic nitrogens is 2. The van der Waals surface area contributed by atoms with Crippen LogP contribution in [0.2, 0.25) is 5.02 Å². The SMILES string of the molecule is Cc1cc(OCCCC2CCN(c3ncc(Cl)cn3)CC2)ccc1C(N)=O. The summed E-state index contributed by atoms with van der Waals surface area (Å²) in [5.74, 6) is 1.84. The average molecular weight is 389 g/mol. The standard InChI is InChI=1S/C20H25ClN4O2/c1-14-11-17(4-5-18(14)19(22)26)27-10-2-3-15-6-8-25(9-7-15)20-23-12-16(21)13-24-20/h4-5,11-13,15H,2-3,6-10H2,1H3,(H2,22,26). The Morgan fingerprint density at radius 2 is 2.00 bits per heavy atom. The normalized spacial score (nSPS) is 15.0. The van der Waals surface area contributed by atoms with E-state index in [0.29, 0.717) is 23.1 Å². The lowest BCUT2D eigenvalue weighted by Crippen LogP contribution is -2.34. The van der Waals surface area contributed by atoms with Crippen LogP contribution in [0.25, 0.3) is 0 Å². The van der Waals surface area contributed by atoms with Crippen LogP contribution in [-0.2, 0) is 0 Å². The molecule has 1 aromatic heterocycles. The van der Waals surface area contributed by atoms with Gasteiger partial charge in [0, 0.05) is 18.7 Å². The van der Waals surface area contributed by atoms with E-state index in [1.54, 1.807) is 24.5 Å². The number of rotatable bonds is 7. The van der Waals surface area contributed by atoms with Crippen molar-refractivity contribution in [3.05, 3.63) is 46.7 Å². The summed E-state index contributed by atoms with van der Waals surface area (Å²) in [7, 11) is 0. The number of nitrogens with two attached hydrogens (primary N) is 1. The van der Waals surface area contributed by atoms with E-state index in [1.807, 2.05) is 13.0 Å². The van der Waals surface area contributed by atoms with Crippen LogP contribution >= 0.6 is 11.6 Å². The number of anilines is 1. The minimum Gasteiger partial charge on any atom is -0.494 e. The molecular weight excluding hydrogens is 364 g/mol. The summed E-state index contributed by atoms with van der Waals surface area (Å²) in [5, 5.41) is 0.563. The van der Waals surface area contributed by atoms with Crippen molar-refractivity contribution >= 4 is 23.5 Å². The molecule has 0 spiro atoms. The van der Waals surface area contributed by atoms with E-state index in [4.69, 9.17) is 22.1 Å². The Balaban J connectivity index is 1.37. The zero-order valence-electron chi connectivity index (χ0n) is 15.5. The number of ether oxygens (including phenoxy) is 1. The van der Waals surface area contributed by atoms with Gasteiger partial charge in [0.05, 0.1) is 24.0 Å². The van der Waals surface area contributed by atoms with Crippen LogP contribution in [0.15, 0.2) is 30.6 Å². The number of hydrogen-bond donors (Lipinski definition) is 1. The van der Waals surface area contributed by atoms with Crippen LogP contribution in [0, 0.1) is 12.8 Å². The highest BCUT2D eigenvalue weighted by Crippen LogP contribution is 2.25. The fourth-order valence-corrected chi connectivity index (χ4v) is 3.55. The fourth-order valence-electron chi connectivity index (χ4n) is 3.45. The van der Waals surface area contributed by atoms with Gasteiger partial charge in [0.25, 0.3) is 0 Å². The maximum atomic E-state index is 11.3. The minimum absolute atomic E-state index is 0.408. The van der Waals surface area contributed by atoms with Gasteiger partial charge < -0.3 is 15.4 Å². The minimum atomic E-state index is -0.408. The fraction of sp³-hybridized carbons (Fsp3) is 0.450. The molecule has 27 heavy (non-hydrogen) atoms. The highest BCUT2D eigenvalue weighted by Gasteiger charge is 2.20. The number of amides is 1. The predicted molar refractivity (Wildman–Crippen MR) is 106 cm³/mol. The van der Waals surface area contributed by atoms with Crippen LogP contribution in [0.3, 0.4) is 0 Å². The number of nitrogens with zero attached hydrogens (tertiary/aromatic N) is 3. The van der Waals surface area contributed by atoms with Gasteiger partial charge in [-0.3, -0.25) is 4.79 Å². The van der Waals surface area contributed by atoms with Crippen LogP contribution in [0.4, 0.5) is 5.95 Å². The Labute approximate surface area is 164 Å². The first kappa shape index (κ1) is 19.4. The molecule has 1 aliphatic heterocycles. The lowest BCUT2D eigenvalue weighted by molar-refractivity contribution is 0.0999. The Morgan fingerprint density at radius 3 is 2.63 bits per heavy atom. The largest absolute Gasteiger partial charge is 0.494 e. The monoisotopic (exact) mass is 388 g/mol. The summed E-state index contributed by atoms with van der Waals surface area (Å²) in [5.41, 5.74) is 6.71. The predicted octanol–water partition coefficient (Wildman–Crippen LogP) is 3.61. The highest BCUT2D eigenvalue weighted by molar-refractivity contribution is 6.30. The molecule has 0 saturated carbocycles. The van der Waals surface area contributed by atoms with E-state index in [-0.39, 0.29) is 0 Å². The zero-order valence-corrected chi connectivity index (χ0v) is 16.3. The number of carbonyl (C=O) groups excluding carboxylic acids is 1. The van der Waals surface area contributed by atoms with Crippen molar-refractivity contribution in [3.63, 3.8) is 0 Å². The molecule has 0 aliphatic carbocycles. The number of primary amides is 1. The Hall–Kier alpha value is -2.34. The molecule has 1 amide bonds. The molecule has 1 fully saturated rings. The number of benzene rings is 1. The van der Waals surface area contributed by atoms with Crippen molar-refractivity contribution in [2.24, 2.45) is 11.7 Å². The number of piperidine rings is 1. The quantitative estimate of drug-likeness (QED) is 0.732. The molecule has 2 N–H and O–H groups in total. The zero-order chi connectivity index (χ0) is 19.2. The van der Waals surface area contributed by atoms with Crippen molar-refractivity contribution in [2.75, 3.05) is 24.6 Å². The van der Waals surface area contributed by atoms with Crippen molar-refractivity contribution in [1.82, 2.24) is 9.97 Å². The van der Waals surface area contributed by atoms with Crippen LogP contribution < -0.4 is 15.4 Å². The third kappa shape index (κ3) is 5.32. The molecule has 1 aliphatic rings. The van der Waals surface area contributed by atoms with Crippen LogP contribution in [-0.4, -0.2) is 35.6 Å². The number of halogens is 1. The first-order valence-electron chi connectivity index (χ1n) is 9.28. The van der Waals surface area contributed by atoms with E-state index in [0.717, 1.165) is 56.0 Å². The molecule has 2 heterocycles. The van der Waals surface area contributed by atoms with E-state index in [1.165, 1.54) is 0 Å². The van der Waals surface area contributed by atoms with Crippen molar-refractivity contribution in [3.8, 4) is 5.75 Å². The van der Waals surface area contributed by atoms with E-state index in [9.17, 15) is 4.79 Å². The second-order valence-corrected chi connectivity index (χ2v) is 7.40. The van der Waals surface area contributed by atoms with Crippen molar-refractivity contribution in [2.45, 2.75) is 32.6 Å². The maximum Gasteiger partial charge on any atom is 0.248 e. The van der Waals surface area contributed by atoms with Crippen LogP contribution in [0.5, 0.6) is 5.75 Å². The second kappa shape index (κ2) is 9.04. The maximum absolute atomic E-state index is 11.3. The summed E-state index contributed by atoms with van der Waals surface area (Å²) < 4.78 is 5.82. The molecular formula is C20H25ClN4O2. The number of aryl methyl sites for hydroxylation is 1. The van der Waals surface area contributed by atoms with E-state index in [2.05, 4.69) is 14.9 Å². The molecule has 0 unspecified atom stereocenters. The van der Waals surface area contributed by atoms with Gasteiger partial charge in [-0.05, 0) is 62.3 Å². The van der Waals surface area contributed by atoms with Crippen molar-refractivity contribution in [1.29, 1.82) is 0 Å². The molecule has 0 atom stereocenters. The summed E-state index contributed by atoms with van der Waals surface area (Å²) in [6, 6.07) is 5.39. The van der Waals surface area contributed by atoms with Gasteiger partial charge in [0.15, 0.2) is 0 Å². The van der Waals surface area contributed by atoms with Gasteiger partial charge in [-0.15, -0.1) is 0 Å². The molecule has 6 nitrogen and oxygen atoms in total. The molecule has 7 heteroatoms. The summed E-state index contributed by atoms with van der Waals surface area (Å²) in [4.78, 5) is 22.1. The van der Waals surface area contributed by atoms with E-state index < -0.39 is 5.91 Å². The molecule has 144 valence electrons. The molecule has 0 bridgehead atoms. The van der Waals surface area contributed by atoms with Gasteiger partial charge in [0.1, 0.15) is 5.75 Å². The summed E-state index contributed by atoms with van der Waals surface area (Å²) in [6.07, 6.45) is 7.72. The van der Waals surface area contributed by atoms with Gasteiger partial charge in [-0.1, -0.05) is 11.6 Å². The first-order valence-corrected chi connectivity index (χ1v) is 9.66. The Morgan fingerprint density at radius 1 is 1.30 bits per heavy atom. The smallest absolute Gasteiger partial charge is 0.248 e. The lowest BCUT2D eigenvalue weighted by Gasteiger charge is -2.31. The number of hydrogen-bond acceptors (Lipinski definition) is 5. The summed E-state index contributed by atoms with van der Waals surface area (Å²) in [6.45, 7) is 4.49. The van der Waals surface area contributed by atoms with Crippen molar-refractivity contribution < 1.29 is 9.53 Å². The molecule has 1 saturated heterocycles.